The summed E-state index contributed by atoms with van der Waals surface area (Å²) in [7, 11) is 0. The Morgan fingerprint density at radius 2 is 1.59 bits per heavy atom. The number of aliphatic hydroxyl groups is 1. The van der Waals surface area contributed by atoms with Crippen LogP contribution in [0.15, 0.2) is 90.8 Å². The minimum atomic E-state index is -0.125. The van der Waals surface area contributed by atoms with Gasteiger partial charge in [-0.3, -0.25) is 4.79 Å². The molecule has 0 spiro atoms. The number of hydrogen-bond acceptors (Lipinski definition) is 5. The summed E-state index contributed by atoms with van der Waals surface area (Å²) in [5.41, 5.74) is 4.27. The molecule has 0 aliphatic carbocycles. The number of hydrogen-bond donors (Lipinski definition) is 1. The molecule has 0 saturated carbocycles. The van der Waals surface area contributed by atoms with Gasteiger partial charge in [-0.2, -0.15) is 0 Å². The standard InChI is InChI=1S/C25H13BNO2.C5H8O2.Ir/c1-3-9-20-18(7-1)26-19-8-2-4-10-21(19)29-25-16-12-11-15-6-5-13-27-24(15)17(16)14-22(28-20)23(25)26;1-4(6)3-5(2)7;/h1-13H;3,6H,1-2H3;/q-1;;/b;4-3-;. The number of aromatic nitrogens is 1. The molecule has 0 unspecified atom stereocenters. The Labute approximate surface area is 228 Å². The van der Waals surface area contributed by atoms with Gasteiger partial charge in [0.1, 0.15) is 11.5 Å². The monoisotopic (exact) mass is 663 g/mol. The van der Waals surface area contributed by atoms with Crippen molar-refractivity contribution in [1.29, 1.82) is 0 Å². The molecule has 1 radical (unpaired) electrons. The number of ketones is 1. The SMILES string of the molecule is CC(=O)/C=C(/C)O.[Ir].[c-]1c2c3c(c4ccc5cccnc5c14)Oc1ccccc1B3c1ccccc1O2. The number of benzene rings is 4. The minimum Gasteiger partial charge on any atom is -0.512 e. The molecule has 4 aromatic carbocycles. The van der Waals surface area contributed by atoms with E-state index >= 15 is 0 Å². The Bertz CT molecular complexity index is 1700. The number of allylic oxidation sites excluding steroid dienone is 2. The number of carbonyl (C=O) groups is 1. The number of fused-ring (bicyclic) bond motifs is 8. The molecule has 0 fully saturated rings. The number of pyridine rings is 1. The third-order valence-electron chi connectivity index (χ3n) is 6.33. The maximum absolute atomic E-state index is 10.0. The summed E-state index contributed by atoms with van der Waals surface area (Å²) in [6.45, 7) is 2.91. The van der Waals surface area contributed by atoms with Crippen LogP contribution in [0.25, 0.3) is 21.7 Å². The van der Waals surface area contributed by atoms with Crippen molar-refractivity contribution < 1.29 is 39.5 Å². The summed E-state index contributed by atoms with van der Waals surface area (Å²) in [5.74, 6) is 3.27. The van der Waals surface area contributed by atoms with Gasteiger partial charge in [0.2, 0.25) is 6.71 Å². The molecule has 0 amide bonds. The van der Waals surface area contributed by atoms with Crippen LogP contribution in [-0.4, -0.2) is 22.6 Å². The zero-order valence-corrected chi connectivity index (χ0v) is 22.5. The van der Waals surface area contributed by atoms with E-state index in [4.69, 9.17) is 14.6 Å². The zero-order valence-electron chi connectivity index (χ0n) is 20.1. The van der Waals surface area contributed by atoms with E-state index in [1.54, 1.807) is 0 Å². The van der Waals surface area contributed by atoms with Crippen molar-refractivity contribution >= 4 is 50.6 Å². The van der Waals surface area contributed by atoms with E-state index in [9.17, 15) is 4.79 Å². The van der Waals surface area contributed by atoms with Crippen molar-refractivity contribution in [3.8, 4) is 23.0 Å². The first-order valence-electron chi connectivity index (χ1n) is 11.7. The summed E-state index contributed by atoms with van der Waals surface area (Å²) < 4.78 is 12.8. The van der Waals surface area contributed by atoms with Crippen LogP contribution in [0.3, 0.4) is 0 Å². The van der Waals surface area contributed by atoms with Gasteiger partial charge >= 0.3 is 0 Å². The van der Waals surface area contributed by atoms with E-state index in [2.05, 4.69) is 53.5 Å². The van der Waals surface area contributed by atoms with Gasteiger partial charge in [0.25, 0.3) is 0 Å². The maximum Gasteiger partial charge on any atom is 0.208 e. The predicted molar refractivity (Wildman–Crippen MR) is 143 cm³/mol. The molecule has 7 heteroatoms. The van der Waals surface area contributed by atoms with Crippen LogP contribution in [-0.2, 0) is 24.9 Å². The van der Waals surface area contributed by atoms with E-state index in [0.717, 1.165) is 61.1 Å². The van der Waals surface area contributed by atoms with Gasteiger partial charge in [-0.1, -0.05) is 71.5 Å². The summed E-state index contributed by atoms with van der Waals surface area (Å²) in [6.07, 6.45) is 2.98. The average molecular weight is 663 g/mol. The van der Waals surface area contributed by atoms with E-state index in [-0.39, 0.29) is 38.4 Å². The average Bonchev–Trinajstić information content (AvgIpc) is 2.88. The topological polar surface area (TPSA) is 68.7 Å². The van der Waals surface area contributed by atoms with Gasteiger partial charge in [0.15, 0.2) is 5.78 Å². The largest absolute Gasteiger partial charge is 0.512 e. The van der Waals surface area contributed by atoms with Gasteiger partial charge in [0, 0.05) is 38.1 Å². The van der Waals surface area contributed by atoms with Crippen molar-refractivity contribution in [3.63, 3.8) is 0 Å². The zero-order chi connectivity index (χ0) is 24.8. The smallest absolute Gasteiger partial charge is 0.208 e. The molecule has 183 valence electrons. The number of nitrogens with zero attached hydrogens (tertiary/aromatic N) is 1. The molecule has 5 aromatic rings. The van der Waals surface area contributed by atoms with E-state index in [1.165, 1.54) is 19.9 Å². The first-order valence-corrected chi connectivity index (χ1v) is 11.7. The molecular weight excluding hydrogens is 641 g/mol. The molecule has 7 rings (SSSR count). The van der Waals surface area contributed by atoms with Crippen LogP contribution < -0.4 is 25.9 Å². The second kappa shape index (κ2) is 9.85. The Morgan fingerprint density at radius 3 is 2.24 bits per heavy atom. The van der Waals surface area contributed by atoms with Crippen molar-refractivity contribution in [2.45, 2.75) is 13.8 Å². The molecule has 0 saturated heterocycles. The fourth-order valence-corrected chi connectivity index (χ4v) is 4.96. The summed E-state index contributed by atoms with van der Waals surface area (Å²) >= 11 is 0. The summed E-state index contributed by atoms with van der Waals surface area (Å²) in [6, 6.07) is 28.2. The number of aliphatic hydroxyl groups excluding tert-OH is 1. The van der Waals surface area contributed by atoms with Gasteiger partial charge < -0.3 is 19.6 Å². The number of para-hydroxylation sites is 2. The van der Waals surface area contributed by atoms with E-state index in [1.807, 2.05) is 36.5 Å². The normalized spacial score (nSPS) is 12.6. The van der Waals surface area contributed by atoms with Crippen molar-refractivity contribution in [2.75, 3.05) is 0 Å². The minimum absolute atomic E-state index is 0. The molecule has 2 aliphatic heterocycles. The predicted octanol–water partition coefficient (Wildman–Crippen LogP) is 4.95. The maximum atomic E-state index is 10.0. The van der Waals surface area contributed by atoms with Crippen molar-refractivity contribution in [3.05, 3.63) is 96.9 Å². The molecule has 0 bridgehead atoms. The number of carbonyl (C=O) groups excluding carboxylic acids is 1. The number of ether oxygens (including phenoxy) is 2. The Balaban J connectivity index is 0.000000313. The summed E-state index contributed by atoms with van der Waals surface area (Å²) in [5, 5.41) is 11.4. The molecule has 5 nitrogen and oxygen atoms in total. The Hall–Kier alpha value is -3.93. The molecule has 3 heterocycles. The second-order valence-electron chi connectivity index (χ2n) is 8.87. The molecule has 1 aromatic heterocycles. The van der Waals surface area contributed by atoms with Crippen LogP contribution in [0.2, 0.25) is 0 Å². The van der Waals surface area contributed by atoms with E-state index < -0.39 is 0 Å². The van der Waals surface area contributed by atoms with Crippen LogP contribution in [0.4, 0.5) is 0 Å². The van der Waals surface area contributed by atoms with Crippen LogP contribution >= 0.6 is 0 Å². The first kappa shape index (κ1) is 24.8. The van der Waals surface area contributed by atoms with Gasteiger partial charge in [-0.15, -0.1) is 5.39 Å². The Morgan fingerprint density at radius 1 is 0.919 bits per heavy atom. The third kappa shape index (κ3) is 4.31. The first-order chi connectivity index (χ1) is 17.5. The quantitative estimate of drug-likeness (QED) is 0.0887. The molecule has 1 N–H and O–H groups in total. The fourth-order valence-electron chi connectivity index (χ4n) is 4.96. The summed E-state index contributed by atoms with van der Waals surface area (Å²) in [4.78, 5) is 14.6. The number of rotatable bonds is 1. The van der Waals surface area contributed by atoms with Crippen molar-refractivity contribution in [2.24, 2.45) is 0 Å². The Kier molecular flexibility index (Phi) is 6.59. The van der Waals surface area contributed by atoms with E-state index in [0.29, 0.717) is 0 Å². The van der Waals surface area contributed by atoms with Gasteiger partial charge in [-0.05, 0) is 53.9 Å². The second-order valence-corrected chi connectivity index (χ2v) is 8.87. The van der Waals surface area contributed by atoms with Crippen LogP contribution in [0.5, 0.6) is 23.0 Å². The van der Waals surface area contributed by atoms with Gasteiger partial charge in [-0.25, -0.2) is 0 Å². The third-order valence-corrected chi connectivity index (χ3v) is 6.33. The van der Waals surface area contributed by atoms with Crippen molar-refractivity contribution in [1.82, 2.24) is 4.98 Å². The van der Waals surface area contributed by atoms with Crippen LogP contribution in [0.1, 0.15) is 13.8 Å². The molecule has 37 heavy (non-hydrogen) atoms. The van der Waals surface area contributed by atoms with Crippen LogP contribution in [0, 0.1) is 6.07 Å². The molecule has 2 aliphatic rings. The van der Waals surface area contributed by atoms with Gasteiger partial charge in [0.05, 0.1) is 11.5 Å². The fraction of sp³-hybridized carbons (Fsp3) is 0.0667. The molecular formula is C30H21BIrNO4-. The molecule has 0 atom stereocenters.